The molecule has 1 unspecified atom stereocenters. The Balaban J connectivity index is 1.94. The van der Waals surface area contributed by atoms with Crippen LogP contribution in [0.2, 0.25) is 0 Å². The molecule has 0 radical (unpaired) electrons. The minimum absolute atomic E-state index is 0.196. The Morgan fingerprint density at radius 1 is 1.56 bits per heavy atom. The van der Waals surface area contributed by atoms with Gasteiger partial charge >= 0.3 is 0 Å². The second-order valence-electron chi connectivity index (χ2n) is 4.23. The van der Waals surface area contributed by atoms with Crippen LogP contribution < -0.4 is 15.0 Å². The molecule has 2 heterocycles. The van der Waals surface area contributed by atoms with Gasteiger partial charge < -0.3 is 19.7 Å². The van der Waals surface area contributed by atoms with Gasteiger partial charge in [-0.1, -0.05) is 0 Å². The summed E-state index contributed by atoms with van der Waals surface area (Å²) in [5, 5.41) is 3.31. The van der Waals surface area contributed by atoms with E-state index in [4.69, 9.17) is 9.47 Å². The van der Waals surface area contributed by atoms with Gasteiger partial charge in [-0.25, -0.2) is 0 Å². The molecule has 1 aliphatic heterocycles. The average Bonchev–Trinajstić information content (AvgIpc) is 2.40. The maximum atomic E-state index is 5.66. The second kappa shape index (κ2) is 6.51. The molecule has 1 fully saturated rings. The minimum Gasteiger partial charge on any atom is -0.477 e. The number of rotatable bonds is 5. The molecule has 1 N–H and O–H groups in total. The molecule has 0 bridgehead atoms. The van der Waals surface area contributed by atoms with Gasteiger partial charge in [0, 0.05) is 26.7 Å². The summed E-state index contributed by atoms with van der Waals surface area (Å²) < 4.78 is 11.0. The number of likely N-dealkylation sites (N-methyl/N-ethyl adjacent to an activating group) is 1. The highest BCUT2D eigenvalue weighted by atomic mass is 16.5. The van der Waals surface area contributed by atoms with Crippen molar-refractivity contribution in [3.63, 3.8) is 0 Å². The summed E-state index contributed by atoms with van der Waals surface area (Å²) in [6.45, 7) is 5.89. The molecule has 0 amide bonds. The van der Waals surface area contributed by atoms with Crippen LogP contribution in [-0.4, -0.2) is 56.0 Å². The van der Waals surface area contributed by atoms with Gasteiger partial charge in [-0.3, -0.25) is 4.98 Å². The first kappa shape index (κ1) is 13.0. The first-order chi connectivity index (χ1) is 8.79. The van der Waals surface area contributed by atoms with Crippen LogP contribution >= 0.6 is 0 Å². The Morgan fingerprint density at radius 2 is 2.44 bits per heavy atom. The Labute approximate surface area is 107 Å². The van der Waals surface area contributed by atoms with E-state index in [0.717, 1.165) is 32.1 Å². The highest BCUT2D eigenvalue weighted by molar-refractivity contribution is 5.36. The molecule has 1 saturated heterocycles. The summed E-state index contributed by atoms with van der Waals surface area (Å²) in [6, 6.07) is 0. The highest BCUT2D eigenvalue weighted by Crippen LogP contribution is 2.13. The number of hydrogen-bond donors (Lipinski definition) is 1. The topological polar surface area (TPSA) is 59.5 Å². The molecule has 0 spiro atoms. The zero-order chi connectivity index (χ0) is 12.8. The lowest BCUT2D eigenvalue weighted by atomic mass is 10.3. The molecule has 0 aliphatic carbocycles. The van der Waals surface area contributed by atoms with E-state index in [1.54, 1.807) is 12.4 Å². The molecule has 1 aromatic heterocycles. The number of aromatic nitrogens is 2. The molecule has 0 saturated carbocycles. The maximum Gasteiger partial charge on any atom is 0.234 e. The number of nitrogens with one attached hydrogen (secondary N) is 1. The lowest BCUT2D eigenvalue weighted by Crippen LogP contribution is -2.44. The molecule has 100 valence electrons. The number of ether oxygens (including phenoxy) is 2. The lowest BCUT2D eigenvalue weighted by molar-refractivity contribution is 0.0339. The third-order valence-corrected chi connectivity index (χ3v) is 2.76. The Morgan fingerprint density at radius 3 is 3.17 bits per heavy atom. The number of morpholine rings is 1. The van der Waals surface area contributed by atoms with Crippen molar-refractivity contribution in [2.45, 2.75) is 13.0 Å². The van der Waals surface area contributed by atoms with Crippen molar-refractivity contribution >= 4 is 5.82 Å². The Hall–Kier alpha value is -1.40. The van der Waals surface area contributed by atoms with E-state index >= 15 is 0 Å². The van der Waals surface area contributed by atoms with Crippen molar-refractivity contribution in [1.29, 1.82) is 0 Å². The molecular weight excluding hydrogens is 232 g/mol. The first-order valence-electron chi connectivity index (χ1n) is 6.28. The zero-order valence-corrected chi connectivity index (χ0v) is 10.9. The third kappa shape index (κ3) is 3.54. The van der Waals surface area contributed by atoms with Crippen LogP contribution in [0.25, 0.3) is 0 Å². The van der Waals surface area contributed by atoms with Crippen LogP contribution in [0.5, 0.6) is 5.88 Å². The summed E-state index contributed by atoms with van der Waals surface area (Å²) in [7, 11) is 1.98. The van der Waals surface area contributed by atoms with Gasteiger partial charge in [0.25, 0.3) is 0 Å². The van der Waals surface area contributed by atoms with Crippen LogP contribution in [0.4, 0.5) is 5.82 Å². The Kier molecular flexibility index (Phi) is 4.72. The normalized spacial score (nSPS) is 19.6. The average molecular weight is 252 g/mol. The van der Waals surface area contributed by atoms with E-state index in [1.807, 2.05) is 18.9 Å². The van der Waals surface area contributed by atoms with E-state index in [-0.39, 0.29) is 6.10 Å². The zero-order valence-electron chi connectivity index (χ0n) is 10.9. The van der Waals surface area contributed by atoms with E-state index in [0.29, 0.717) is 12.5 Å². The number of hydrogen-bond acceptors (Lipinski definition) is 6. The standard InChI is InChI=1S/C12H20N4O2/c1-3-17-12-8-14-7-11(15-12)16(2)9-10-6-13-4-5-18-10/h7-8,10,13H,3-6,9H2,1-2H3. The molecule has 2 rings (SSSR count). The summed E-state index contributed by atoms with van der Waals surface area (Å²) in [6.07, 6.45) is 3.56. The Bertz CT molecular complexity index is 369. The van der Waals surface area contributed by atoms with Gasteiger partial charge in [-0.2, -0.15) is 4.98 Å². The molecule has 6 heteroatoms. The fraction of sp³-hybridized carbons (Fsp3) is 0.667. The van der Waals surface area contributed by atoms with Crippen LogP contribution in [0, 0.1) is 0 Å². The van der Waals surface area contributed by atoms with Crippen LogP contribution in [-0.2, 0) is 4.74 Å². The molecule has 18 heavy (non-hydrogen) atoms. The predicted molar refractivity (Wildman–Crippen MR) is 69.1 cm³/mol. The third-order valence-electron chi connectivity index (χ3n) is 2.76. The molecule has 0 aromatic carbocycles. The number of anilines is 1. The van der Waals surface area contributed by atoms with Crippen molar-refractivity contribution in [2.75, 3.05) is 44.8 Å². The fourth-order valence-corrected chi connectivity index (χ4v) is 1.88. The van der Waals surface area contributed by atoms with Crippen molar-refractivity contribution in [3.05, 3.63) is 12.4 Å². The van der Waals surface area contributed by atoms with Gasteiger partial charge in [-0.15, -0.1) is 0 Å². The van der Waals surface area contributed by atoms with Crippen molar-refractivity contribution in [2.24, 2.45) is 0 Å². The lowest BCUT2D eigenvalue weighted by Gasteiger charge is -2.28. The van der Waals surface area contributed by atoms with Crippen molar-refractivity contribution < 1.29 is 9.47 Å². The largest absolute Gasteiger partial charge is 0.477 e. The summed E-state index contributed by atoms with van der Waals surface area (Å²) in [4.78, 5) is 10.6. The van der Waals surface area contributed by atoms with E-state index in [1.165, 1.54) is 0 Å². The van der Waals surface area contributed by atoms with Gasteiger partial charge in [0.2, 0.25) is 5.88 Å². The first-order valence-corrected chi connectivity index (χ1v) is 6.28. The molecule has 1 aliphatic rings. The quantitative estimate of drug-likeness (QED) is 0.813. The van der Waals surface area contributed by atoms with Gasteiger partial charge in [0.15, 0.2) is 5.82 Å². The summed E-state index contributed by atoms with van der Waals surface area (Å²) >= 11 is 0. The molecule has 6 nitrogen and oxygen atoms in total. The second-order valence-corrected chi connectivity index (χ2v) is 4.23. The SMILES string of the molecule is CCOc1cncc(N(C)CC2CNCCO2)n1. The van der Waals surface area contributed by atoms with Gasteiger partial charge in [0.05, 0.1) is 31.7 Å². The highest BCUT2D eigenvalue weighted by Gasteiger charge is 2.16. The van der Waals surface area contributed by atoms with Crippen LogP contribution in [0.3, 0.4) is 0 Å². The van der Waals surface area contributed by atoms with E-state index in [9.17, 15) is 0 Å². The summed E-state index contributed by atoms with van der Waals surface area (Å²) in [5.41, 5.74) is 0. The van der Waals surface area contributed by atoms with Gasteiger partial charge in [0.1, 0.15) is 0 Å². The molecule has 1 atom stereocenters. The monoisotopic (exact) mass is 252 g/mol. The van der Waals surface area contributed by atoms with Crippen LogP contribution in [0.1, 0.15) is 6.92 Å². The van der Waals surface area contributed by atoms with Gasteiger partial charge in [-0.05, 0) is 6.92 Å². The van der Waals surface area contributed by atoms with Crippen molar-refractivity contribution in [3.8, 4) is 5.88 Å². The molecule has 1 aromatic rings. The number of nitrogens with zero attached hydrogens (tertiary/aromatic N) is 3. The van der Waals surface area contributed by atoms with E-state index < -0.39 is 0 Å². The summed E-state index contributed by atoms with van der Waals surface area (Å²) in [5.74, 6) is 1.36. The smallest absolute Gasteiger partial charge is 0.234 e. The molecular formula is C12H20N4O2. The van der Waals surface area contributed by atoms with Crippen LogP contribution in [0.15, 0.2) is 12.4 Å². The van der Waals surface area contributed by atoms with Crippen molar-refractivity contribution in [1.82, 2.24) is 15.3 Å². The van der Waals surface area contributed by atoms with E-state index in [2.05, 4.69) is 15.3 Å². The minimum atomic E-state index is 0.196. The fourth-order valence-electron chi connectivity index (χ4n) is 1.88. The predicted octanol–water partition coefficient (Wildman–Crippen LogP) is 0.300. The maximum absolute atomic E-state index is 5.66.